The maximum atomic E-state index is 11.9. The van der Waals surface area contributed by atoms with Gasteiger partial charge in [-0.2, -0.15) is 5.06 Å². The second-order valence-corrected chi connectivity index (χ2v) is 5.99. The lowest BCUT2D eigenvalue weighted by atomic mass is 9.78. The van der Waals surface area contributed by atoms with Crippen LogP contribution in [-0.2, 0) is 9.53 Å². The minimum Gasteiger partial charge on any atom is -0.438 e. The number of esters is 1. The summed E-state index contributed by atoms with van der Waals surface area (Å²) in [7, 11) is 1.64. The molecule has 0 aliphatic carbocycles. The van der Waals surface area contributed by atoms with E-state index in [1.54, 1.807) is 7.05 Å². The molecule has 1 unspecified atom stereocenters. The van der Waals surface area contributed by atoms with Crippen LogP contribution in [0.25, 0.3) is 0 Å². The summed E-state index contributed by atoms with van der Waals surface area (Å²) in [6, 6.07) is -0.537. The van der Waals surface area contributed by atoms with Gasteiger partial charge in [0.25, 0.3) is 0 Å². The highest BCUT2D eigenvalue weighted by atomic mass is 16.6. The summed E-state index contributed by atoms with van der Waals surface area (Å²) in [5.74, 6) is -0.207. The number of carbonyl (C=O) groups is 2. The Bertz CT molecular complexity index is 366. The minimum absolute atomic E-state index is 0.175. The van der Waals surface area contributed by atoms with Gasteiger partial charge in [-0.25, -0.2) is 4.79 Å². The highest BCUT2D eigenvalue weighted by Crippen LogP contribution is 2.38. The van der Waals surface area contributed by atoms with Gasteiger partial charge in [0.2, 0.25) is 6.23 Å². The number of hydroxylamine groups is 2. The first-order chi connectivity index (χ1) is 9.27. The molecule has 1 N–H and O–H groups in total. The summed E-state index contributed by atoms with van der Waals surface area (Å²) in [5, 5.41) is 10.6. The van der Waals surface area contributed by atoms with Crippen molar-refractivity contribution in [3.63, 3.8) is 0 Å². The van der Waals surface area contributed by atoms with Gasteiger partial charge >= 0.3 is 12.0 Å². The molecule has 2 amide bonds. The van der Waals surface area contributed by atoms with E-state index >= 15 is 0 Å². The Balaban J connectivity index is 2.96. The summed E-state index contributed by atoms with van der Waals surface area (Å²) in [4.78, 5) is 25.2. The maximum absolute atomic E-state index is 11.9. The minimum atomic E-state index is -0.910. The number of nitrogens with zero attached hydrogens (tertiary/aromatic N) is 2. The third-order valence-electron chi connectivity index (χ3n) is 4.05. The van der Waals surface area contributed by atoms with Gasteiger partial charge in [0.05, 0.1) is 0 Å². The number of hydrogen-bond donors (Lipinski definition) is 1. The fourth-order valence-electron chi connectivity index (χ4n) is 2.66. The van der Waals surface area contributed by atoms with E-state index in [0.717, 1.165) is 0 Å². The van der Waals surface area contributed by atoms with Crippen LogP contribution in [0.2, 0.25) is 0 Å². The van der Waals surface area contributed by atoms with Gasteiger partial charge in [-0.15, -0.1) is 0 Å². The maximum Gasteiger partial charge on any atom is 0.346 e. The summed E-state index contributed by atoms with van der Waals surface area (Å²) in [6.45, 7) is 8.26. The van der Waals surface area contributed by atoms with Crippen molar-refractivity contribution in [3.05, 3.63) is 0 Å². The highest BCUT2D eigenvalue weighted by Gasteiger charge is 2.50. The van der Waals surface area contributed by atoms with E-state index in [2.05, 4.69) is 0 Å². The molecule has 0 aromatic heterocycles. The Morgan fingerprint density at radius 3 is 2.45 bits per heavy atom. The van der Waals surface area contributed by atoms with Gasteiger partial charge in [0, 0.05) is 25.4 Å². The summed E-state index contributed by atoms with van der Waals surface area (Å²) < 4.78 is 5.42. The van der Waals surface area contributed by atoms with Crippen molar-refractivity contribution in [1.29, 1.82) is 0 Å². The van der Waals surface area contributed by atoms with E-state index in [4.69, 9.17) is 4.74 Å². The van der Waals surface area contributed by atoms with Crippen molar-refractivity contribution in [2.24, 2.45) is 11.3 Å². The third kappa shape index (κ3) is 3.23. The Kier molecular flexibility index (Phi) is 5.39. The lowest BCUT2D eigenvalue weighted by molar-refractivity contribution is -0.245. The van der Waals surface area contributed by atoms with Crippen molar-refractivity contribution in [3.8, 4) is 0 Å². The molecular weight excluding hydrogens is 260 g/mol. The van der Waals surface area contributed by atoms with Gasteiger partial charge in [0.1, 0.15) is 0 Å². The lowest BCUT2D eigenvalue weighted by Gasteiger charge is -2.48. The zero-order valence-electron chi connectivity index (χ0n) is 13.0. The van der Waals surface area contributed by atoms with Crippen molar-refractivity contribution in [2.45, 2.75) is 53.2 Å². The molecule has 0 radical (unpaired) electrons. The van der Waals surface area contributed by atoms with Crippen molar-refractivity contribution >= 4 is 12.0 Å². The molecule has 1 aliphatic heterocycles. The lowest BCUT2D eigenvalue weighted by Crippen LogP contribution is -2.63. The number of carbonyl (C=O) groups excluding carboxylic acids is 2. The van der Waals surface area contributed by atoms with Gasteiger partial charge in [-0.3, -0.25) is 10.0 Å². The van der Waals surface area contributed by atoms with Crippen LogP contribution in [0, 0.1) is 11.3 Å². The van der Waals surface area contributed by atoms with Gasteiger partial charge < -0.3 is 9.64 Å². The molecule has 0 bridgehead atoms. The van der Waals surface area contributed by atoms with Crippen LogP contribution in [0.4, 0.5) is 4.79 Å². The second-order valence-electron chi connectivity index (χ2n) is 5.99. The molecule has 1 heterocycles. The average Bonchev–Trinajstić information content (AvgIpc) is 2.38. The molecule has 1 saturated heterocycles. The monoisotopic (exact) mass is 286 g/mol. The first kappa shape index (κ1) is 16.8. The molecule has 1 rings (SSSR count). The zero-order valence-corrected chi connectivity index (χ0v) is 13.0. The molecule has 0 saturated carbocycles. The van der Waals surface area contributed by atoms with Crippen LogP contribution in [0.5, 0.6) is 0 Å². The van der Waals surface area contributed by atoms with Gasteiger partial charge in [0.15, 0.2) is 0 Å². The van der Waals surface area contributed by atoms with Crippen LogP contribution < -0.4 is 0 Å². The molecule has 6 nitrogen and oxygen atoms in total. The van der Waals surface area contributed by atoms with Gasteiger partial charge in [-0.05, 0) is 18.8 Å². The van der Waals surface area contributed by atoms with Crippen LogP contribution in [0.15, 0.2) is 0 Å². The fraction of sp³-hybridized carbons (Fsp3) is 0.857. The zero-order chi connectivity index (χ0) is 15.5. The molecular formula is C14H26N2O4. The molecule has 6 heteroatoms. The van der Waals surface area contributed by atoms with E-state index in [0.29, 0.717) is 24.4 Å². The largest absolute Gasteiger partial charge is 0.438 e. The van der Waals surface area contributed by atoms with Crippen LogP contribution in [0.1, 0.15) is 47.0 Å². The Morgan fingerprint density at radius 2 is 2.00 bits per heavy atom. The van der Waals surface area contributed by atoms with E-state index < -0.39 is 17.7 Å². The molecule has 0 aromatic rings. The Labute approximate surface area is 120 Å². The van der Waals surface area contributed by atoms with E-state index in [1.807, 2.05) is 27.7 Å². The van der Waals surface area contributed by atoms with E-state index in [9.17, 15) is 14.8 Å². The van der Waals surface area contributed by atoms with Crippen LogP contribution >= 0.6 is 0 Å². The molecule has 116 valence electrons. The number of urea groups is 1. The summed E-state index contributed by atoms with van der Waals surface area (Å²) in [6.07, 6.45) is 0.778. The smallest absolute Gasteiger partial charge is 0.346 e. The number of hydrogen-bond acceptors (Lipinski definition) is 4. The molecule has 1 aliphatic rings. The molecule has 0 spiro atoms. The third-order valence-corrected chi connectivity index (χ3v) is 4.05. The van der Waals surface area contributed by atoms with Crippen molar-refractivity contribution in [1.82, 2.24) is 9.96 Å². The predicted molar refractivity (Wildman–Crippen MR) is 74.0 cm³/mol. The Morgan fingerprint density at radius 1 is 1.45 bits per heavy atom. The van der Waals surface area contributed by atoms with Crippen LogP contribution in [0.3, 0.4) is 0 Å². The highest BCUT2D eigenvalue weighted by molar-refractivity contribution is 5.75. The van der Waals surface area contributed by atoms with E-state index in [-0.39, 0.29) is 18.3 Å². The molecule has 1 fully saturated rings. The standard InChI is InChI=1S/C14H26N2O4/c1-6-14(7-2)9-15(5)13(18)16(19)12(14)20-11(17)8-10(3)4/h10,12,19H,6-9H2,1-5H3. The van der Waals surface area contributed by atoms with Gasteiger partial charge in [-0.1, -0.05) is 27.7 Å². The Hall–Kier alpha value is -1.30. The van der Waals surface area contributed by atoms with Crippen molar-refractivity contribution < 1.29 is 19.5 Å². The molecule has 20 heavy (non-hydrogen) atoms. The first-order valence-corrected chi connectivity index (χ1v) is 7.20. The number of ether oxygens (including phenoxy) is 1. The predicted octanol–water partition coefficient (Wildman–Crippen LogP) is 2.46. The average molecular weight is 286 g/mol. The fourth-order valence-corrected chi connectivity index (χ4v) is 2.66. The first-order valence-electron chi connectivity index (χ1n) is 7.20. The second kappa shape index (κ2) is 6.43. The van der Waals surface area contributed by atoms with Crippen LogP contribution in [-0.4, -0.2) is 47.0 Å². The SMILES string of the molecule is CCC1(CC)CN(C)C(=O)N(O)C1OC(=O)CC(C)C. The van der Waals surface area contributed by atoms with Crippen molar-refractivity contribution in [2.75, 3.05) is 13.6 Å². The summed E-state index contributed by atoms with van der Waals surface area (Å²) >= 11 is 0. The van der Waals surface area contributed by atoms with E-state index in [1.165, 1.54) is 4.90 Å². The number of rotatable bonds is 5. The molecule has 1 atom stereocenters. The number of amides is 2. The normalized spacial score (nSPS) is 22.4. The summed E-state index contributed by atoms with van der Waals surface area (Å²) in [5.41, 5.74) is -0.440. The molecule has 0 aromatic carbocycles. The quantitative estimate of drug-likeness (QED) is 0.622. The topological polar surface area (TPSA) is 70.1 Å².